The molecule has 7 atom stereocenters. The van der Waals surface area contributed by atoms with Gasteiger partial charge >= 0.3 is 11.9 Å². The van der Waals surface area contributed by atoms with Crippen molar-refractivity contribution in [1.82, 2.24) is 15.2 Å². The summed E-state index contributed by atoms with van der Waals surface area (Å²) in [6.45, 7) is 9.58. The molecule has 0 spiro atoms. The van der Waals surface area contributed by atoms with Crippen molar-refractivity contribution in [2.45, 2.75) is 81.7 Å². The van der Waals surface area contributed by atoms with Crippen LogP contribution in [0.2, 0.25) is 0 Å². The average Bonchev–Trinajstić information content (AvgIpc) is 3.84. The van der Waals surface area contributed by atoms with Crippen molar-refractivity contribution in [3.05, 3.63) is 68.9 Å². The van der Waals surface area contributed by atoms with E-state index < -0.39 is 47.6 Å². The van der Waals surface area contributed by atoms with Gasteiger partial charge in [-0.2, -0.15) is 0 Å². The largest absolute Gasteiger partial charge is 0.504 e. The molecule has 306 valence electrons. The van der Waals surface area contributed by atoms with E-state index in [0.29, 0.717) is 88.4 Å². The Morgan fingerprint density at radius 2 is 1.90 bits per heavy atom. The number of carbonyl (C=O) groups excluding carboxylic acids is 2. The molecule has 58 heavy (non-hydrogen) atoms. The Morgan fingerprint density at radius 1 is 1.10 bits per heavy atom. The molecule has 0 aliphatic carbocycles. The number of nitrogens with zero attached hydrogens (tertiary/aromatic N) is 2. The summed E-state index contributed by atoms with van der Waals surface area (Å²) in [6, 6.07) is 4.85. The van der Waals surface area contributed by atoms with Crippen LogP contribution in [0.1, 0.15) is 80.1 Å². The highest BCUT2D eigenvalue weighted by Gasteiger charge is 2.63. The number of aryl methyl sites for hydroxylation is 2. The standard InChI is InChI=1S/C42H47N5O10S/c1-18-11-21-12-27-41(50)47-28-15-54-42(51)32-24(25-13-23(52-5)8-10-26(25)45-32)9-7-22(14-43)44-16-58-40(34(47)33(46(27)4)29(21)35(49)36(18)53-6)31-30(28)39-38(55-17-56-39)19(2)37(31)57-20(3)48/h8,10-11,13,22,27-28,33-34,40-41,44,50H,4,7,9,12,14-17,43H2,1-3,5-6H3,(H-,45,49,51)/p+1/t22?,27-,28-,33+,34+,40+,41-/m0/s1. The molecular formula is C42H48N5O10S+. The van der Waals surface area contributed by atoms with E-state index in [4.69, 9.17) is 34.2 Å². The lowest BCUT2D eigenvalue weighted by atomic mass is 9.73. The van der Waals surface area contributed by atoms with Gasteiger partial charge in [0.15, 0.2) is 41.3 Å². The van der Waals surface area contributed by atoms with Crippen LogP contribution in [0.5, 0.6) is 34.5 Å². The summed E-state index contributed by atoms with van der Waals surface area (Å²) >= 11 is 1.57. The molecule has 1 saturated heterocycles. The molecule has 4 aromatic rings. The molecule has 15 nitrogen and oxygen atoms in total. The van der Waals surface area contributed by atoms with Crippen molar-refractivity contribution in [2.75, 3.05) is 40.0 Å². The molecule has 0 saturated carbocycles. The fraction of sp³-hybridized carbons (Fsp3) is 0.452. The molecule has 1 aromatic heterocycles. The highest BCUT2D eigenvalue weighted by Crippen LogP contribution is 2.63. The topological polar surface area (TPSA) is 190 Å². The summed E-state index contributed by atoms with van der Waals surface area (Å²) < 4.78 is 37.9. The number of ether oxygens (including phenoxy) is 6. The second-order valence-corrected chi connectivity index (χ2v) is 16.7. The van der Waals surface area contributed by atoms with Gasteiger partial charge < -0.3 is 54.7 Å². The maximum absolute atomic E-state index is 14.5. The van der Waals surface area contributed by atoms with Gasteiger partial charge in [0.05, 0.1) is 37.1 Å². The number of benzene rings is 3. The molecule has 10 rings (SSSR count). The second-order valence-electron chi connectivity index (χ2n) is 15.6. The second kappa shape index (κ2) is 14.7. The van der Waals surface area contributed by atoms with Gasteiger partial charge in [0, 0.05) is 59.4 Å². The van der Waals surface area contributed by atoms with Crippen LogP contribution < -0.4 is 34.7 Å². The Bertz CT molecular complexity index is 2380. The number of methoxy groups -OCH3 is 2. The number of H-pyrrole nitrogens is 1. The highest BCUT2D eigenvalue weighted by molar-refractivity contribution is 7.99. The smallest absolute Gasteiger partial charge is 0.355 e. The van der Waals surface area contributed by atoms with Crippen molar-refractivity contribution in [3.63, 3.8) is 0 Å². The molecule has 1 unspecified atom stereocenters. The number of aliphatic hydroxyl groups is 1. The van der Waals surface area contributed by atoms with Crippen LogP contribution in [0.15, 0.2) is 24.3 Å². The summed E-state index contributed by atoms with van der Waals surface area (Å²) in [7, 11) is 3.13. The number of nitrogens with two attached hydrogens (primary N) is 1. The van der Waals surface area contributed by atoms with Gasteiger partial charge in [-0.25, -0.2) is 9.37 Å². The van der Waals surface area contributed by atoms with Gasteiger partial charge in [0.25, 0.3) is 0 Å². The van der Waals surface area contributed by atoms with E-state index in [1.807, 2.05) is 47.6 Å². The van der Waals surface area contributed by atoms with Gasteiger partial charge in [-0.3, -0.25) is 9.69 Å². The Balaban J connectivity index is 1.29. The minimum absolute atomic E-state index is 0.000671. The van der Waals surface area contributed by atoms with Gasteiger partial charge in [0.2, 0.25) is 6.79 Å². The molecule has 6 N–H and O–H groups in total. The zero-order valence-corrected chi connectivity index (χ0v) is 33.9. The highest BCUT2D eigenvalue weighted by atomic mass is 32.2. The average molecular weight is 815 g/mol. The number of aromatic hydroxyl groups is 1. The first-order valence-corrected chi connectivity index (χ1v) is 20.5. The maximum atomic E-state index is 14.5. The zero-order valence-electron chi connectivity index (χ0n) is 33.0. The monoisotopic (exact) mass is 814 g/mol. The normalized spacial score (nSPS) is 26.4. The number of nitrogens with one attached hydrogen (secondary N) is 2. The molecule has 6 aliphatic rings. The maximum Gasteiger partial charge on any atom is 0.355 e. The summed E-state index contributed by atoms with van der Waals surface area (Å²) in [5.41, 5.74) is 12.3. The lowest BCUT2D eigenvalue weighted by molar-refractivity contribution is -0.644. The van der Waals surface area contributed by atoms with Crippen molar-refractivity contribution in [2.24, 2.45) is 5.73 Å². The first-order valence-electron chi connectivity index (χ1n) is 19.5. The van der Waals surface area contributed by atoms with E-state index in [1.165, 1.54) is 14.0 Å². The quantitative estimate of drug-likeness (QED) is 0.113. The molecule has 1 fully saturated rings. The van der Waals surface area contributed by atoms with Crippen LogP contribution in [-0.2, 0) is 22.4 Å². The predicted octanol–water partition coefficient (Wildman–Crippen LogP) is 4.05. The lowest BCUT2D eigenvalue weighted by Crippen LogP contribution is -2.67. The number of piperazine rings is 1. The van der Waals surface area contributed by atoms with Crippen LogP contribution in [0.4, 0.5) is 0 Å². The fourth-order valence-corrected chi connectivity index (χ4v) is 11.4. The Morgan fingerprint density at radius 3 is 2.64 bits per heavy atom. The number of rotatable bonds is 4. The third kappa shape index (κ3) is 5.82. The Labute approximate surface area is 339 Å². The summed E-state index contributed by atoms with van der Waals surface area (Å²) in [4.78, 5) is 32.8. The van der Waals surface area contributed by atoms with Crippen molar-refractivity contribution >= 4 is 41.3 Å². The predicted molar refractivity (Wildman–Crippen MR) is 215 cm³/mol. The van der Waals surface area contributed by atoms with Gasteiger partial charge in [-0.05, 0) is 61.6 Å². The minimum Gasteiger partial charge on any atom is -0.504 e. The number of thioether (sulfide) groups is 1. The van der Waals surface area contributed by atoms with Gasteiger partial charge in [-0.15, -0.1) is 11.8 Å². The number of phenols is 1. The first-order chi connectivity index (χ1) is 28.0. The SMILES string of the molecule is C=[N+]1[C@@H]2c3c(cc(C)c(OC)c3O)C[C@H]1[C@H](O)N1[C@H]2[C@@H]2SCNC(CN)CCc3c([nH]c4ccc(OC)cc34)C(=O)OC[C@H]1c1c3c(c(C)c(OC(C)=O)c12)OCO3. The lowest BCUT2D eigenvalue weighted by Gasteiger charge is -2.55. The molecule has 3 aromatic carbocycles. The number of fused-ring (bicyclic) bond motifs is 13. The molecule has 0 amide bonds. The number of aromatic nitrogens is 1. The third-order valence-electron chi connectivity index (χ3n) is 12.6. The first kappa shape index (κ1) is 38.5. The Kier molecular flexibility index (Phi) is 9.75. The van der Waals surface area contributed by atoms with Crippen LogP contribution in [-0.4, -0.2) is 108 Å². The molecule has 16 heteroatoms. The van der Waals surface area contributed by atoms with E-state index in [1.54, 1.807) is 18.9 Å². The van der Waals surface area contributed by atoms with E-state index in [-0.39, 0.29) is 25.2 Å². The molecule has 6 aliphatic heterocycles. The van der Waals surface area contributed by atoms with Gasteiger partial charge in [0.1, 0.15) is 30.5 Å². The van der Waals surface area contributed by atoms with Crippen LogP contribution >= 0.6 is 11.8 Å². The van der Waals surface area contributed by atoms with Crippen molar-refractivity contribution in [3.8, 4) is 34.5 Å². The fourth-order valence-electron chi connectivity index (χ4n) is 9.99. The van der Waals surface area contributed by atoms with Crippen LogP contribution in [0.25, 0.3) is 10.9 Å². The molecule has 7 heterocycles. The van der Waals surface area contributed by atoms with E-state index in [9.17, 15) is 19.8 Å². The van der Waals surface area contributed by atoms with Crippen LogP contribution in [0, 0.1) is 13.8 Å². The van der Waals surface area contributed by atoms with Crippen molar-refractivity contribution < 1.29 is 52.8 Å². The summed E-state index contributed by atoms with van der Waals surface area (Å²) in [6.07, 6.45) is 0.364. The molecule has 0 radical (unpaired) electrons. The minimum atomic E-state index is -1.13. The van der Waals surface area contributed by atoms with Gasteiger partial charge in [-0.1, -0.05) is 6.07 Å². The zero-order chi connectivity index (χ0) is 40.7. The number of hydrogen-bond acceptors (Lipinski definition) is 14. The molecule has 4 bridgehead atoms. The van der Waals surface area contributed by atoms with Crippen molar-refractivity contribution in [1.29, 1.82) is 0 Å². The van der Waals surface area contributed by atoms with Crippen LogP contribution in [0.3, 0.4) is 0 Å². The number of phenolic OH excluding ortho intramolecular Hbond substituents is 1. The number of aliphatic hydroxyl groups excluding tert-OH is 1. The summed E-state index contributed by atoms with van der Waals surface area (Å²) in [5.74, 6) is 1.44. The molecular weight excluding hydrogens is 767 g/mol. The number of aromatic amines is 1. The number of hydrogen-bond donors (Lipinski definition) is 5. The van der Waals surface area contributed by atoms with E-state index in [0.717, 1.165) is 27.6 Å². The number of esters is 2. The number of carbonyl (C=O) groups is 2. The third-order valence-corrected chi connectivity index (χ3v) is 13.8. The van der Waals surface area contributed by atoms with E-state index in [2.05, 4.69) is 17.0 Å². The summed E-state index contributed by atoms with van der Waals surface area (Å²) in [5, 5.41) is 28.7. The Hall–Kier alpha value is -5.00. The van der Waals surface area contributed by atoms with E-state index >= 15 is 0 Å².